The molecule has 4 nitrogen and oxygen atoms in total. The van der Waals surface area contributed by atoms with E-state index in [1.54, 1.807) is 0 Å². The van der Waals surface area contributed by atoms with Crippen molar-refractivity contribution >= 4 is 21.8 Å². The number of amides is 1. The van der Waals surface area contributed by atoms with Crippen molar-refractivity contribution in [3.8, 4) is 11.5 Å². The molecular formula is C13H16BrNO3. The number of benzene rings is 1. The number of aromatic hydroxyl groups is 2. The van der Waals surface area contributed by atoms with E-state index in [1.165, 1.54) is 24.6 Å². The highest BCUT2D eigenvalue weighted by Crippen LogP contribution is 2.27. The van der Waals surface area contributed by atoms with Crippen LogP contribution >= 0.6 is 15.9 Å². The van der Waals surface area contributed by atoms with Gasteiger partial charge in [0.15, 0.2) is 11.5 Å². The SMILES string of the molecule is O=C(NC1CCCCC1Br)c1ccc(O)c(O)c1. The van der Waals surface area contributed by atoms with Gasteiger partial charge in [0.1, 0.15) is 0 Å². The molecule has 0 aromatic heterocycles. The van der Waals surface area contributed by atoms with Crippen LogP contribution < -0.4 is 5.32 Å². The van der Waals surface area contributed by atoms with Crippen LogP contribution in [0.15, 0.2) is 18.2 Å². The van der Waals surface area contributed by atoms with Crippen molar-refractivity contribution < 1.29 is 15.0 Å². The summed E-state index contributed by atoms with van der Waals surface area (Å²) < 4.78 is 0. The Kier molecular flexibility index (Phi) is 4.11. The lowest BCUT2D eigenvalue weighted by Gasteiger charge is -2.28. The van der Waals surface area contributed by atoms with Crippen molar-refractivity contribution in [2.75, 3.05) is 0 Å². The Morgan fingerprint density at radius 1 is 1.22 bits per heavy atom. The highest BCUT2D eigenvalue weighted by atomic mass is 79.9. The molecule has 2 atom stereocenters. The van der Waals surface area contributed by atoms with Gasteiger partial charge in [-0.1, -0.05) is 28.8 Å². The van der Waals surface area contributed by atoms with Gasteiger partial charge in [0.05, 0.1) is 0 Å². The minimum atomic E-state index is -0.276. The molecule has 1 aromatic carbocycles. The number of nitrogens with one attached hydrogen (secondary N) is 1. The minimum Gasteiger partial charge on any atom is -0.504 e. The van der Waals surface area contributed by atoms with Crippen molar-refractivity contribution in [3.05, 3.63) is 23.8 Å². The molecule has 1 aliphatic rings. The van der Waals surface area contributed by atoms with Gasteiger partial charge in [0, 0.05) is 16.4 Å². The molecule has 0 radical (unpaired) electrons. The van der Waals surface area contributed by atoms with E-state index in [2.05, 4.69) is 21.2 Å². The maximum Gasteiger partial charge on any atom is 0.251 e. The number of alkyl halides is 1. The summed E-state index contributed by atoms with van der Waals surface area (Å²) in [6.45, 7) is 0. The first-order valence-electron chi connectivity index (χ1n) is 6.05. The lowest BCUT2D eigenvalue weighted by atomic mass is 9.95. The number of carbonyl (C=O) groups excluding carboxylic acids is 1. The number of rotatable bonds is 2. The molecular weight excluding hydrogens is 298 g/mol. The maximum atomic E-state index is 12.0. The molecule has 2 rings (SSSR count). The van der Waals surface area contributed by atoms with Crippen LogP contribution in [0, 0.1) is 0 Å². The van der Waals surface area contributed by atoms with Gasteiger partial charge in [0.2, 0.25) is 0 Å². The quantitative estimate of drug-likeness (QED) is 0.580. The molecule has 1 fully saturated rings. The number of hydrogen-bond acceptors (Lipinski definition) is 3. The normalized spacial score (nSPS) is 23.6. The Labute approximate surface area is 114 Å². The number of carbonyl (C=O) groups is 1. The third-order valence-electron chi connectivity index (χ3n) is 3.24. The molecule has 5 heteroatoms. The summed E-state index contributed by atoms with van der Waals surface area (Å²) in [6.07, 6.45) is 4.33. The summed E-state index contributed by atoms with van der Waals surface area (Å²) in [4.78, 5) is 12.3. The first-order valence-corrected chi connectivity index (χ1v) is 6.96. The van der Waals surface area contributed by atoms with Gasteiger partial charge in [-0.05, 0) is 31.0 Å². The largest absolute Gasteiger partial charge is 0.504 e. The zero-order valence-electron chi connectivity index (χ0n) is 9.90. The molecule has 0 saturated heterocycles. The Morgan fingerprint density at radius 3 is 2.61 bits per heavy atom. The van der Waals surface area contributed by atoms with Crippen LogP contribution in [-0.4, -0.2) is 27.0 Å². The average Bonchev–Trinajstić information content (AvgIpc) is 2.35. The predicted molar refractivity (Wildman–Crippen MR) is 72.2 cm³/mol. The summed E-state index contributed by atoms with van der Waals surface area (Å²) in [5.41, 5.74) is 0.357. The van der Waals surface area contributed by atoms with E-state index in [-0.39, 0.29) is 23.4 Å². The van der Waals surface area contributed by atoms with Crippen LogP contribution in [0.1, 0.15) is 36.0 Å². The van der Waals surface area contributed by atoms with E-state index in [0.29, 0.717) is 10.4 Å². The molecule has 1 aromatic rings. The molecule has 0 heterocycles. The first-order chi connectivity index (χ1) is 8.58. The van der Waals surface area contributed by atoms with E-state index < -0.39 is 0 Å². The van der Waals surface area contributed by atoms with E-state index in [9.17, 15) is 15.0 Å². The lowest BCUT2D eigenvalue weighted by molar-refractivity contribution is 0.0929. The summed E-state index contributed by atoms with van der Waals surface area (Å²) in [5.74, 6) is -0.717. The molecule has 0 spiro atoms. The van der Waals surface area contributed by atoms with Gasteiger partial charge >= 0.3 is 0 Å². The second-order valence-electron chi connectivity index (χ2n) is 4.58. The molecule has 3 N–H and O–H groups in total. The molecule has 1 saturated carbocycles. The van der Waals surface area contributed by atoms with E-state index in [1.807, 2.05) is 0 Å². The fraction of sp³-hybridized carbons (Fsp3) is 0.462. The summed E-state index contributed by atoms with van der Waals surface area (Å²) in [6, 6.07) is 4.21. The highest BCUT2D eigenvalue weighted by molar-refractivity contribution is 9.09. The molecule has 18 heavy (non-hydrogen) atoms. The summed E-state index contributed by atoms with van der Waals surface area (Å²) >= 11 is 3.58. The molecule has 1 amide bonds. The van der Waals surface area contributed by atoms with Crippen molar-refractivity contribution in [3.63, 3.8) is 0 Å². The monoisotopic (exact) mass is 313 g/mol. The van der Waals surface area contributed by atoms with Crippen LogP contribution in [0.4, 0.5) is 0 Å². The smallest absolute Gasteiger partial charge is 0.251 e. The van der Waals surface area contributed by atoms with Crippen LogP contribution in [0.5, 0.6) is 11.5 Å². The fourth-order valence-electron chi connectivity index (χ4n) is 2.16. The third kappa shape index (κ3) is 2.96. The Morgan fingerprint density at radius 2 is 1.94 bits per heavy atom. The van der Waals surface area contributed by atoms with Gasteiger partial charge in [0.25, 0.3) is 5.91 Å². The zero-order chi connectivity index (χ0) is 13.1. The van der Waals surface area contributed by atoms with Gasteiger partial charge < -0.3 is 15.5 Å². The van der Waals surface area contributed by atoms with Crippen molar-refractivity contribution in [2.24, 2.45) is 0 Å². The van der Waals surface area contributed by atoms with E-state index in [0.717, 1.165) is 19.3 Å². The van der Waals surface area contributed by atoms with Crippen molar-refractivity contribution in [2.45, 2.75) is 36.6 Å². The Balaban J connectivity index is 2.04. The number of halogens is 1. The second-order valence-corrected chi connectivity index (χ2v) is 5.76. The first kappa shape index (κ1) is 13.2. The maximum absolute atomic E-state index is 12.0. The summed E-state index contributed by atoms with van der Waals surface area (Å²) in [7, 11) is 0. The van der Waals surface area contributed by atoms with Gasteiger partial charge in [-0.15, -0.1) is 0 Å². The second kappa shape index (κ2) is 5.61. The predicted octanol–water partition coefficient (Wildman–Crippen LogP) is 2.53. The van der Waals surface area contributed by atoms with Crippen LogP contribution in [0.2, 0.25) is 0 Å². The zero-order valence-corrected chi connectivity index (χ0v) is 11.5. The fourth-order valence-corrected chi connectivity index (χ4v) is 2.88. The Bertz CT molecular complexity index is 450. The molecule has 1 aliphatic carbocycles. The van der Waals surface area contributed by atoms with Crippen LogP contribution in [0.25, 0.3) is 0 Å². The van der Waals surface area contributed by atoms with Gasteiger partial charge in [-0.25, -0.2) is 0 Å². The standard InChI is InChI=1S/C13H16BrNO3/c14-9-3-1-2-4-10(9)15-13(18)8-5-6-11(16)12(17)7-8/h5-7,9-10,16-17H,1-4H2,(H,15,18). The van der Waals surface area contributed by atoms with Gasteiger partial charge in [-0.2, -0.15) is 0 Å². The highest BCUT2D eigenvalue weighted by Gasteiger charge is 2.24. The lowest BCUT2D eigenvalue weighted by Crippen LogP contribution is -2.42. The van der Waals surface area contributed by atoms with E-state index in [4.69, 9.17) is 0 Å². The molecule has 2 unspecified atom stereocenters. The number of phenolic OH excluding ortho intramolecular Hbond substituents is 2. The van der Waals surface area contributed by atoms with Crippen molar-refractivity contribution in [1.82, 2.24) is 5.32 Å². The van der Waals surface area contributed by atoms with Crippen LogP contribution in [0.3, 0.4) is 0 Å². The molecule has 0 aliphatic heterocycles. The molecule has 0 bridgehead atoms. The van der Waals surface area contributed by atoms with Gasteiger partial charge in [-0.3, -0.25) is 4.79 Å². The topological polar surface area (TPSA) is 69.6 Å². The number of hydrogen-bond donors (Lipinski definition) is 3. The minimum absolute atomic E-state index is 0.127. The average molecular weight is 314 g/mol. The molecule has 98 valence electrons. The summed E-state index contributed by atoms with van der Waals surface area (Å²) in [5, 5.41) is 21.5. The van der Waals surface area contributed by atoms with E-state index >= 15 is 0 Å². The van der Waals surface area contributed by atoms with Crippen molar-refractivity contribution in [1.29, 1.82) is 0 Å². The third-order valence-corrected chi connectivity index (χ3v) is 4.33. The Hall–Kier alpha value is -1.23. The number of phenols is 2. The van der Waals surface area contributed by atoms with Crippen LogP contribution in [-0.2, 0) is 0 Å².